The number of piperidine rings is 1. The van der Waals surface area contributed by atoms with Crippen molar-refractivity contribution in [3.05, 3.63) is 92.0 Å². The van der Waals surface area contributed by atoms with Crippen LogP contribution < -0.4 is 10.2 Å². The van der Waals surface area contributed by atoms with E-state index in [0.29, 0.717) is 17.2 Å². The van der Waals surface area contributed by atoms with E-state index in [2.05, 4.69) is 81.1 Å². The van der Waals surface area contributed by atoms with Crippen LogP contribution in [0.25, 0.3) is 0 Å². The van der Waals surface area contributed by atoms with Crippen molar-refractivity contribution in [2.45, 2.75) is 32.0 Å². The molecule has 39 heavy (non-hydrogen) atoms. The molecule has 2 aromatic carbocycles. The van der Waals surface area contributed by atoms with Crippen molar-refractivity contribution >= 4 is 43.6 Å². The lowest BCUT2D eigenvalue weighted by Crippen LogP contribution is -2.53. The van der Waals surface area contributed by atoms with Gasteiger partial charge in [0.2, 0.25) is 0 Å². The van der Waals surface area contributed by atoms with Crippen LogP contribution in [0, 0.1) is 11.6 Å². The Bertz CT molecular complexity index is 1300. The molecule has 2 aliphatic heterocycles. The average Bonchev–Trinajstić information content (AvgIpc) is 2.95. The molecule has 6 nitrogen and oxygen atoms in total. The first-order chi connectivity index (χ1) is 18.9. The highest BCUT2D eigenvalue weighted by Gasteiger charge is 2.28. The Labute approximate surface area is 246 Å². The fraction of sp³-hybridized carbons (Fsp3) is 0.379. The number of hydrogen-bond donors (Lipinski definition) is 1. The molecule has 3 heterocycles. The Kier molecular flexibility index (Phi) is 9.27. The van der Waals surface area contributed by atoms with Crippen molar-refractivity contribution < 1.29 is 15.0 Å². The van der Waals surface area contributed by atoms with E-state index in [1.807, 2.05) is 0 Å². The Morgan fingerprint density at radius 1 is 0.923 bits per heavy atom. The maximum atomic E-state index is 13.4. The van der Waals surface area contributed by atoms with E-state index in [0.717, 1.165) is 72.7 Å². The van der Waals surface area contributed by atoms with Crippen LogP contribution in [-0.2, 0) is 13.1 Å². The molecule has 0 saturated carbocycles. The number of likely N-dealkylation sites (tertiary alicyclic amines) is 1. The van der Waals surface area contributed by atoms with Gasteiger partial charge in [-0.1, -0.05) is 34.1 Å². The third-order valence-corrected chi connectivity index (χ3v) is 8.64. The minimum absolute atomic E-state index is 0. The molecular formula is C29H33Br2F2N5O. The minimum atomic E-state index is -0.933. The van der Waals surface area contributed by atoms with Gasteiger partial charge >= 0.3 is 0 Å². The molecule has 5 rings (SSSR count). The SMILES string of the molecule is O=C(NCc1ccc(F)c(F)c1)c1cnc(N2CCN(C3CCN(Cc4ccc(Br)cc4)CC3)CC2)c(Br)c1.[HH]. The fourth-order valence-corrected chi connectivity index (χ4v) is 6.18. The molecule has 3 aromatic rings. The lowest BCUT2D eigenvalue weighted by Gasteiger charge is -2.43. The molecule has 208 valence electrons. The number of amides is 1. The summed E-state index contributed by atoms with van der Waals surface area (Å²) < 4.78 is 28.4. The normalized spacial score (nSPS) is 17.4. The highest BCUT2D eigenvalue weighted by atomic mass is 79.9. The zero-order chi connectivity index (χ0) is 27.4. The van der Waals surface area contributed by atoms with Crippen molar-refractivity contribution in [1.82, 2.24) is 20.1 Å². The Balaban J connectivity index is 0.00000370. The number of hydrogen-bond acceptors (Lipinski definition) is 5. The maximum absolute atomic E-state index is 13.4. The van der Waals surface area contributed by atoms with Crippen molar-refractivity contribution in [2.75, 3.05) is 44.2 Å². The molecule has 10 heteroatoms. The van der Waals surface area contributed by atoms with Crippen molar-refractivity contribution in [1.29, 1.82) is 0 Å². The Morgan fingerprint density at radius 2 is 1.62 bits per heavy atom. The van der Waals surface area contributed by atoms with Crippen LogP contribution >= 0.6 is 31.9 Å². The zero-order valence-electron chi connectivity index (χ0n) is 21.6. The highest BCUT2D eigenvalue weighted by Crippen LogP contribution is 2.27. The molecule has 0 atom stereocenters. The lowest BCUT2D eigenvalue weighted by molar-refractivity contribution is 0.0950. The van der Waals surface area contributed by atoms with Gasteiger partial charge in [-0.3, -0.25) is 14.6 Å². The van der Waals surface area contributed by atoms with Crippen LogP contribution in [0.3, 0.4) is 0 Å². The number of halogens is 4. The second-order valence-electron chi connectivity index (χ2n) is 10.1. The molecule has 2 saturated heterocycles. The van der Waals surface area contributed by atoms with Gasteiger partial charge in [0.1, 0.15) is 5.82 Å². The van der Waals surface area contributed by atoms with Gasteiger partial charge in [0.15, 0.2) is 11.6 Å². The number of anilines is 1. The number of piperazine rings is 1. The molecule has 0 radical (unpaired) electrons. The predicted molar refractivity (Wildman–Crippen MR) is 158 cm³/mol. The second-order valence-corrected chi connectivity index (χ2v) is 11.9. The maximum Gasteiger partial charge on any atom is 0.253 e. The van der Waals surface area contributed by atoms with Crippen LogP contribution in [0.5, 0.6) is 0 Å². The summed E-state index contributed by atoms with van der Waals surface area (Å²) in [5.74, 6) is -1.34. The molecule has 1 N–H and O–H groups in total. The topological polar surface area (TPSA) is 51.7 Å². The van der Waals surface area contributed by atoms with Gasteiger partial charge in [0.05, 0.1) is 10.0 Å². The summed E-state index contributed by atoms with van der Waals surface area (Å²) in [4.78, 5) is 24.6. The second kappa shape index (κ2) is 12.8. The van der Waals surface area contributed by atoms with Crippen molar-refractivity contribution in [3.63, 3.8) is 0 Å². The molecule has 1 aromatic heterocycles. The number of nitrogens with zero attached hydrogens (tertiary/aromatic N) is 4. The van der Waals surface area contributed by atoms with Crippen LogP contribution in [-0.4, -0.2) is 66.0 Å². The first kappa shape index (κ1) is 28.1. The number of pyridine rings is 1. The van der Waals surface area contributed by atoms with Gasteiger partial charge in [-0.05, 0) is 83.3 Å². The number of benzene rings is 2. The van der Waals surface area contributed by atoms with Gasteiger partial charge in [0, 0.05) is 57.4 Å². The number of aromatic nitrogens is 1. The highest BCUT2D eigenvalue weighted by molar-refractivity contribution is 9.10. The molecule has 2 fully saturated rings. The summed E-state index contributed by atoms with van der Waals surface area (Å²) >= 11 is 7.10. The number of nitrogens with one attached hydrogen (secondary N) is 1. The van der Waals surface area contributed by atoms with Gasteiger partial charge in [-0.15, -0.1) is 0 Å². The zero-order valence-corrected chi connectivity index (χ0v) is 24.7. The average molecular weight is 665 g/mol. The largest absolute Gasteiger partial charge is 0.353 e. The van der Waals surface area contributed by atoms with Crippen molar-refractivity contribution in [3.8, 4) is 0 Å². The van der Waals surface area contributed by atoms with Gasteiger partial charge in [-0.25, -0.2) is 13.8 Å². The van der Waals surface area contributed by atoms with E-state index in [4.69, 9.17) is 0 Å². The number of rotatable bonds is 7. The van der Waals surface area contributed by atoms with Crippen LogP contribution in [0.4, 0.5) is 14.6 Å². The van der Waals surface area contributed by atoms with Gasteiger partial charge in [-0.2, -0.15) is 0 Å². The third kappa shape index (κ3) is 7.22. The van der Waals surface area contributed by atoms with Crippen LogP contribution in [0.15, 0.2) is 63.7 Å². The molecule has 0 aliphatic carbocycles. The van der Waals surface area contributed by atoms with Crippen LogP contribution in [0.2, 0.25) is 0 Å². The Hall–Kier alpha value is -2.40. The van der Waals surface area contributed by atoms with Gasteiger partial charge in [0.25, 0.3) is 5.91 Å². The molecule has 1 amide bonds. The minimum Gasteiger partial charge on any atom is -0.353 e. The van der Waals surface area contributed by atoms with E-state index in [-0.39, 0.29) is 13.9 Å². The van der Waals surface area contributed by atoms with Crippen molar-refractivity contribution in [2.24, 2.45) is 0 Å². The molecule has 0 unspecified atom stereocenters. The van der Waals surface area contributed by atoms with E-state index in [1.165, 1.54) is 24.5 Å². The van der Waals surface area contributed by atoms with E-state index >= 15 is 0 Å². The summed E-state index contributed by atoms with van der Waals surface area (Å²) in [6.45, 7) is 7.08. The summed E-state index contributed by atoms with van der Waals surface area (Å²) in [6.07, 6.45) is 3.94. The molecular weight excluding hydrogens is 632 g/mol. The summed E-state index contributed by atoms with van der Waals surface area (Å²) in [6, 6.07) is 14.6. The summed E-state index contributed by atoms with van der Waals surface area (Å²) in [5, 5.41) is 2.73. The van der Waals surface area contributed by atoms with E-state index < -0.39 is 11.6 Å². The molecule has 2 aliphatic rings. The number of carbonyl (C=O) groups excluding carboxylic acids is 1. The number of carbonyl (C=O) groups is 1. The third-order valence-electron chi connectivity index (χ3n) is 7.53. The van der Waals surface area contributed by atoms with Gasteiger partial charge < -0.3 is 10.2 Å². The summed E-state index contributed by atoms with van der Waals surface area (Å²) in [7, 11) is 0. The van der Waals surface area contributed by atoms with E-state index in [1.54, 1.807) is 12.3 Å². The fourth-order valence-electron chi connectivity index (χ4n) is 5.31. The predicted octanol–water partition coefficient (Wildman–Crippen LogP) is 5.85. The quantitative estimate of drug-likeness (QED) is 0.344. The lowest BCUT2D eigenvalue weighted by atomic mass is 10.0. The van der Waals surface area contributed by atoms with E-state index in [9.17, 15) is 13.6 Å². The standard InChI is InChI=1S/C29H31Br2F2N5O.H2/c30-23-4-1-20(2-5-23)19-36-9-7-24(8-10-36)37-11-13-38(14-12-37)28-25(31)16-22(18-34-28)29(39)35-17-21-3-6-26(32)27(33)15-21;/h1-6,15-16,18,24H,7-14,17,19H2,(H,35,39);1H. The first-order valence-corrected chi connectivity index (χ1v) is 14.8. The van der Waals surface area contributed by atoms with Crippen LogP contribution in [0.1, 0.15) is 35.8 Å². The molecule has 0 spiro atoms. The monoisotopic (exact) mass is 663 g/mol. The first-order valence-electron chi connectivity index (χ1n) is 13.2. The smallest absolute Gasteiger partial charge is 0.253 e. The Morgan fingerprint density at radius 3 is 2.28 bits per heavy atom. The summed E-state index contributed by atoms with van der Waals surface area (Å²) in [5.41, 5.74) is 2.25. The molecule has 0 bridgehead atoms.